The van der Waals surface area contributed by atoms with Crippen molar-refractivity contribution in [3.63, 3.8) is 0 Å². The van der Waals surface area contributed by atoms with Gasteiger partial charge in [0.05, 0.1) is 0 Å². The van der Waals surface area contributed by atoms with Gasteiger partial charge in [0.15, 0.2) is 0 Å². The molecule has 0 radical (unpaired) electrons. The minimum absolute atomic E-state index is 0.0787. The molecule has 2 aromatic rings. The summed E-state index contributed by atoms with van der Waals surface area (Å²) in [7, 11) is 0. The molecule has 6 heteroatoms. The van der Waals surface area contributed by atoms with E-state index in [4.69, 9.17) is 9.90 Å². The fourth-order valence-electron chi connectivity index (χ4n) is 0.782. The summed E-state index contributed by atoms with van der Waals surface area (Å²) in [6.07, 6.45) is 0. The highest BCUT2D eigenvalue weighted by Crippen LogP contribution is 1.92. The molecule has 0 saturated carbocycles. The summed E-state index contributed by atoms with van der Waals surface area (Å²) >= 11 is 1.08. The number of hydrogen-bond donors (Lipinski definition) is 2. The van der Waals surface area contributed by atoms with E-state index in [1.165, 1.54) is 5.56 Å². The van der Waals surface area contributed by atoms with E-state index in [2.05, 4.69) is 27.8 Å². The lowest BCUT2D eigenvalue weighted by molar-refractivity contribution is -0.134. The van der Waals surface area contributed by atoms with E-state index < -0.39 is 5.97 Å². The van der Waals surface area contributed by atoms with Gasteiger partial charge in [0, 0.05) is 18.7 Å². The van der Waals surface area contributed by atoms with Crippen molar-refractivity contribution >= 4 is 17.7 Å². The highest BCUT2D eigenvalue weighted by atomic mass is 32.1. The zero-order chi connectivity index (χ0) is 14.0. The summed E-state index contributed by atoms with van der Waals surface area (Å²) in [5.74, 6) is -0.833. The first-order chi connectivity index (χ1) is 8.43. The number of aromatic amines is 1. The molecule has 0 fully saturated rings. The van der Waals surface area contributed by atoms with Crippen molar-refractivity contribution < 1.29 is 9.90 Å². The molecular weight excluding hydrogens is 252 g/mol. The van der Waals surface area contributed by atoms with E-state index in [1.807, 2.05) is 18.2 Å². The van der Waals surface area contributed by atoms with Crippen LogP contribution < -0.4 is 5.56 Å². The van der Waals surface area contributed by atoms with E-state index >= 15 is 0 Å². The third kappa shape index (κ3) is 9.29. The first-order valence-electron chi connectivity index (χ1n) is 5.15. The molecule has 2 rings (SSSR count). The Bertz CT molecular complexity index is 501. The summed E-state index contributed by atoms with van der Waals surface area (Å²) in [6.45, 7) is 4.84. The molecule has 5 nitrogen and oxygen atoms in total. The van der Waals surface area contributed by atoms with Crippen LogP contribution in [0.5, 0.6) is 0 Å². The minimum Gasteiger partial charge on any atom is -0.481 e. The third-order valence-corrected chi connectivity index (χ3v) is 2.23. The van der Waals surface area contributed by atoms with Crippen molar-refractivity contribution in [3.05, 3.63) is 51.9 Å². The zero-order valence-corrected chi connectivity index (χ0v) is 11.3. The number of aliphatic carboxylic acids is 1. The van der Waals surface area contributed by atoms with Gasteiger partial charge < -0.3 is 5.11 Å². The Balaban J connectivity index is 0.000000253. The number of nitrogens with zero attached hydrogens (tertiary/aromatic N) is 1. The average molecular weight is 268 g/mol. The van der Waals surface area contributed by atoms with Crippen LogP contribution in [-0.2, 0) is 4.79 Å². The van der Waals surface area contributed by atoms with Gasteiger partial charge in [-0.25, -0.2) is 0 Å². The zero-order valence-electron chi connectivity index (χ0n) is 10.5. The van der Waals surface area contributed by atoms with Gasteiger partial charge in [-0.2, -0.15) is 4.37 Å². The summed E-state index contributed by atoms with van der Waals surface area (Å²) in [5, 5.41) is 7.42. The molecule has 0 atom stereocenters. The normalized spacial score (nSPS) is 8.39. The van der Waals surface area contributed by atoms with Gasteiger partial charge in [0.25, 0.3) is 11.5 Å². The molecule has 18 heavy (non-hydrogen) atoms. The molecular formula is C12H16N2O3S. The molecule has 2 N–H and O–H groups in total. The van der Waals surface area contributed by atoms with Crippen LogP contribution in [0.25, 0.3) is 0 Å². The molecule has 0 aliphatic rings. The second-order valence-electron chi connectivity index (χ2n) is 3.37. The number of carbonyl (C=O) groups is 1. The SMILES string of the molecule is CC(=O)O.Cc1ccccc1.Cc1ns[nH]c1=O. The van der Waals surface area contributed by atoms with E-state index in [-0.39, 0.29) is 5.56 Å². The lowest BCUT2D eigenvalue weighted by Crippen LogP contribution is -1.99. The summed E-state index contributed by atoms with van der Waals surface area (Å²) < 4.78 is 6.13. The molecule has 1 heterocycles. The van der Waals surface area contributed by atoms with Gasteiger partial charge in [0.1, 0.15) is 5.69 Å². The van der Waals surface area contributed by atoms with Crippen molar-refractivity contribution in [3.8, 4) is 0 Å². The molecule has 0 spiro atoms. The third-order valence-electron chi connectivity index (χ3n) is 1.59. The number of H-pyrrole nitrogens is 1. The van der Waals surface area contributed by atoms with Crippen LogP contribution in [-0.4, -0.2) is 19.8 Å². The first-order valence-corrected chi connectivity index (χ1v) is 5.93. The van der Waals surface area contributed by atoms with Crippen LogP contribution in [0.1, 0.15) is 18.2 Å². The summed E-state index contributed by atoms with van der Waals surface area (Å²) in [4.78, 5) is 19.3. The molecule has 0 saturated heterocycles. The first kappa shape index (κ1) is 16.1. The quantitative estimate of drug-likeness (QED) is 0.767. The molecule has 1 aromatic carbocycles. The summed E-state index contributed by atoms with van der Waals surface area (Å²) in [6, 6.07) is 10.3. The van der Waals surface area contributed by atoms with Gasteiger partial charge in [-0.3, -0.25) is 14.0 Å². The Morgan fingerprint density at radius 3 is 1.94 bits per heavy atom. The predicted molar refractivity (Wildman–Crippen MR) is 72.0 cm³/mol. The number of hydrogen-bond acceptors (Lipinski definition) is 4. The van der Waals surface area contributed by atoms with Crippen molar-refractivity contribution in [2.24, 2.45) is 0 Å². The maximum atomic E-state index is 10.3. The van der Waals surface area contributed by atoms with Crippen LogP contribution in [0, 0.1) is 13.8 Å². The fourth-order valence-corrected chi connectivity index (χ4v) is 1.28. The van der Waals surface area contributed by atoms with Gasteiger partial charge in [0.2, 0.25) is 0 Å². The van der Waals surface area contributed by atoms with Crippen molar-refractivity contribution in [1.29, 1.82) is 0 Å². The Morgan fingerprint density at radius 1 is 1.28 bits per heavy atom. The number of aryl methyl sites for hydroxylation is 2. The fraction of sp³-hybridized carbons (Fsp3) is 0.250. The maximum absolute atomic E-state index is 10.3. The van der Waals surface area contributed by atoms with Crippen LogP contribution in [0.2, 0.25) is 0 Å². The molecule has 0 aliphatic carbocycles. The maximum Gasteiger partial charge on any atom is 0.300 e. The molecule has 0 unspecified atom stereocenters. The molecule has 0 amide bonds. The molecule has 98 valence electrons. The highest BCUT2D eigenvalue weighted by Gasteiger charge is 1.89. The molecule has 0 bridgehead atoms. The van der Waals surface area contributed by atoms with E-state index in [1.54, 1.807) is 6.92 Å². The van der Waals surface area contributed by atoms with Crippen LogP contribution in [0.4, 0.5) is 0 Å². The number of benzene rings is 1. The molecule has 0 aliphatic heterocycles. The van der Waals surface area contributed by atoms with Gasteiger partial charge in [-0.1, -0.05) is 35.9 Å². The van der Waals surface area contributed by atoms with Gasteiger partial charge in [-0.15, -0.1) is 0 Å². The number of carboxylic acids is 1. The number of carboxylic acid groups (broad SMARTS) is 1. The van der Waals surface area contributed by atoms with E-state index in [0.29, 0.717) is 5.69 Å². The van der Waals surface area contributed by atoms with Gasteiger partial charge >= 0.3 is 0 Å². The van der Waals surface area contributed by atoms with Crippen molar-refractivity contribution in [1.82, 2.24) is 8.75 Å². The van der Waals surface area contributed by atoms with E-state index in [0.717, 1.165) is 18.7 Å². The smallest absolute Gasteiger partial charge is 0.300 e. The average Bonchev–Trinajstić information content (AvgIpc) is 2.64. The topological polar surface area (TPSA) is 83.0 Å². The monoisotopic (exact) mass is 268 g/mol. The number of nitrogens with one attached hydrogen (secondary N) is 1. The number of aromatic nitrogens is 2. The predicted octanol–water partition coefficient (Wildman–Crippen LogP) is 2.23. The lowest BCUT2D eigenvalue weighted by atomic mass is 10.2. The minimum atomic E-state index is -0.833. The Morgan fingerprint density at radius 2 is 1.78 bits per heavy atom. The highest BCUT2D eigenvalue weighted by molar-refractivity contribution is 6.99. The van der Waals surface area contributed by atoms with Crippen LogP contribution >= 0.6 is 11.7 Å². The van der Waals surface area contributed by atoms with Crippen LogP contribution in [0.3, 0.4) is 0 Å². The summed E-state index contributed by atoms with van der Waals surface area (Å²) in [5.41, 5.74) is 1.79. The van der Waals surface area contributed by atoms with Crippen molar-refractivity contribution in [2.45, 2.75) is 20.8 Å². The largest absolute Gasteiger partial charge is 0.481 e. The Labute approximate surface area is 109 Å². The van der Waals surface area contributed by atoms with Gasteiger partial charge in [-0.05, 0) is 13.8 Å². The van der Waals surface area contributed by atoms with E-state index in [9.17, 15) is 4.79 Å². The molecule has 1 aromatic heterocycles. The van der Waals surface area contributed by atoms with Crippen LogP contribution in [0.15, 0.2) is 35.1 Å². The lowest BCUT2D eigenvalue weighted by Gasteiger charge is -1.82. The Hall–Kier alpha value is -1.95. The Kier molecular flexibility index (Phi) is 8.13. The second-order valence-corrected chi connectivity index (χ2v) is 3.94. The standard InChI is InChI=1S/C7H8.C3H4N2OS.C2H4O2/c1-7-5-3-2-4-6-7;1-2-3(6)5-7-4-2;1-2(3)4/h2-6H,1H3;1H3,(H,5,6);1H3,(H,3,4). The second kappa shape index (κ2) is 9.12. The van der Waals surface area contributed by atoms with Crippen molar-refractivity contribution in [2.75, 3.05) is 0 Å². The number of rotatable bonds is 0.